The van der Waals surface area contributed by atoms with E-state index in [2.05, 4.69) is 46.5 Å². The highest BCUT2D eigenvalue weighted by Crippen LogP contribution is 2.27. The van der Waals surface area contributed by atoms with Gasteiger partial charge in [-0.1, -0.05) is 49.6 Å². The molecule has 0 amide bonds. The van der Waals surface area contributed by atoms with Crippen LogP contribution in [0.3, 0.4) is 0 Å². The highest BCUT2D eigenvalue weighted by atomic mass is 15.1. The van der Waals surface area contributed by atoms with Gasteiger partial charge in [-0.05, 0) is 62.0 Å². The second-order valence-electron chi connectivity index (χ2n) is 6.69. The van der Waals surface area contributed by atoms with Crippen molar-refractivity contribution in [3.8, 4) is 0 Å². The number of rotatable bonds is 8. The Balaban J connectivity index is 0.000000237. The Morgan fingerprint density at radius 1 is 1.00 bits per heavy atom. The third-order valence-corrected chi connectivity index (χ3v) is 4.81. The summed E-state index contributed by atoms with van der Waals surface area (Å²) in [4.78, 5) is 6.56. The van der Waals surface area contributed by atoms with Crippen LogP contribution in [0.4, 0.5) is 17.1 Å². The van der Waals surface area contributed by atoms with Gasteiger partial charge in [-0.3, -0.25) is 4.99 Å². The van der Waals surface area contributed by atoms with Gasteiger partial charge in [0.05, 0.1) is 11.4 Å². The molecular formula is C24H32N4. The minimum absolute atomic E-state index is 0.906. The maximum atomic E-state index is 4.06. The van der Waals surface area contributed by atoms with E-state index in [4.69, 9.17) is 0 Å². The van der Waals surface area contributed by atoms with E-state index in [9.17, 15) is 0 Å². The molecule has 0 aromatic heterocycles. The van der Waals surface area contributed by atoms with Crippen LogP contribution in [0.25, 0.3) is 12.2 Å². The molecule has 148 valence electrons. The summed E-state index contributed by atoms with van der Waals surface area (Å²) in [6.45, 7) is 15.5. The first-order valence-corrected chi connectivity index (χ1v) is 9.80. The lowest BCUT2D eigenvalue weighted by Gasteiger charge is -2.16. The van der Waals surface area contributed by atoms with Crippen LogP contribution in [-0.2, 0) is 0 Å². The first kappa shape index (κ1) is 21.5. The standard InChI is InChI=1S/C14H22N4.C10H10/c1-15-12-5-6-13(14(11-12)16-2)17-7-10-18-8-3-4-9-18;1-3-9-5-7-10(4-2)8-6-9/h5-6,11,15,17H,2-4,7-10H2,1H3;3-8H,1-2H2. The van der Waals surface area contributed by atoms with Crippen LogP contribution in [0.15, 0.2) is 60.6 Å². The monoisotopic (exact) mass is 376 g/mol. The number of likely N-dealkylation sites (tertiary alicyclic amines) is 1. The van der Waals surface area contributed by atoms with Crippen LogP contribution in [0, 0.1) is 0 Å². The highest BCUT2D eigenvalue weighted by molar-refractivity contribution is 5.72. The van der Waals surface area contributed by atoms with Gasteiger partial charge in [-0.25, -0.2) is 0 Å². The van der Waals surface area contributed by atoms with Crippen molar-refractivity contribution in [2.75, 3.05) is 43.9 Å². The topological polar surface area (TPSA) is 39.7 Å². The molecule has 1 aliphatic heterocycles. The minimum Gasteiger partial charge on any atom is -0.388 e. The van der Waals surface area contributed by atoms with Crippen molar-refractivity contribution in [3.05, 3.63) is 66.7 Å². The second-order valence-corrected chi connectivity index (χ2v) is 6.69. The molecule has 0 radical (unpaired) electrons. The fraction of sp³-hybridized carbons (Fsp3) is 0.292. The van der Waals surface area contributed by atoms with Crippen molar-refractivity contribution in [1.29, 1.82) is 0 Å². The molecule has 1 fully saturated rings. The van der Waals surface area contributed by atoms with E-state index in [1.54, 1.807) is 0 Å². The number of benzene rings is 2. The molecule has 1 aliphatic rings. The number of aliphatic imine (C=N–C) groups is 1. The van der Waals surface area contributed by atoms with E-state index in [0.29, 0.717) is 0 Å². The van der Waals surface area contributed by atoms with Crippen molar-refractivity contribution in [3.63, 3.8) is 0 Å². The zero-order valence-corrected chi connectivity index (χ0v) is 17.0. The molecule has 4 heteroatoms. The summed E-state index contributed by atoms with van der Waals surface area (Å²) in [5, 5.41) is 6.55. The molecule has 1 saturated heterocycles. The van der Waals surface area contributed by atoms with Crippen LogP contribution >= 0.6 is 0 Å². The maximum absolute atomic E-state index is 4.06. The predicted octanol–water partition coefficient (Wildman–Crippen LogP) is 5.54. The highest BCUT2D eigenvalue weighted by Gasteiger charge is 2.10. The fourth-order valence-electron chi connectivity index (χ4n) is 3.09. The molecule has 4 nitrogen and oxygen atoms in total. The predicted molar refractivity (Wildman–Crippen MR) is 126 cm³/mol. The number of nitrogens with zero attached hydrogens (tertiary/aromatic N) is 2. The summed E-state index contributed by atoms with van der Waals surface area (Å²) in [7, 11) is 1.91. The van der Waals surface area contributed by atoms with Gasteiger partial charge in [-0.2, -0.15) is 0 Å². The molecule has 0 atom stereocenters. The summed E-state index contributed by atoms with van der Waals surface area (Å²) < 4.78 is 0. The Labute approximate surface area is 169 Å². The lowest BCUT2D eigenvalue weighted by Crippen LogP contribution is -2.25. The van der Waals surface area contributed by atoms with E-state index in [-0.39, 0.29) is 0 Å². The summed E-state index contributed by atoms with van der Waals surface area (Å²) in [6.07, 6.45) is 6.34. The largest absolute Gasteiger partial charge is 0.388 e. The van der Waals surface area contributed by atoms with Crippen LogP contribution in [0.5, 0.6) is 0 Å². The zero-order chi connectivity index (χ0) is 20.2. The molecule has 28 heavy (non-hydrogen) atoms. The van der Waals surface area contributed by atoms with Gasteiger partial charge >= 0.3 is 0 Å². The molecule has 0 saturated carbocycles. The molecule has 1 heterocycles. The lowest BCUT2D eigenvalue weighted by molar-refractivity contribution is 0.353. The summed E-state index contributed by atoms with van der Waals surface area (Å²) in [5.41, 5.74) is 5.31. The third-order valence-electron chi connectivity index (χ3n) is 4.81. The van der Waals surface area contributed by atoms with Crippen molar-refractivity contribution in [2.24, 2.45) is 4.99 Å². The van der Waals surface area contributed by atoms with Crippen molar-refractivity contribution in [1.82, 2.24) is 4.90 Å². The van der Waals surface area contributed by atoms with Crippen molar-refractivity contribution < 1.29 is 0 Å². The average Bonchev–Trinajstić information content (AvgIpc) is 3.28. The molecular weight excluding hydrogens is 344 g/mol. The van der Waals surface area contributed by atoms with Gasteiger partial charge in [0, 0.05) is 25.8 Å². The van der Waals surface area contributed by atoms with Crippen LogP contribution in [-0.4, -0.2) is 44.8 Å². The van der Waals surface area contributed by atoms with Crippen LogP contribution in [0.1, 0.15) is 24.0 Å². The molecule has 3 rings (SSSR count). The van der Waals surface area contributed by atoms with Gasteiger partial charge in [0.25, 0.3) is 0 Å². The molecule has 0 spiro atoms. The summed E-state index contributed by atoms with van der Waals surface area (Å²) >= 11 is 0. The lowest BCUT2D eigenvalue weighted by atomic mass is 10.1. The van der Waals surface area contributed by atoms with E-state index in [0.717, 1.165) is 41.3 Å². The van der Waals surface area contributed by atoms with Gasteiger partial charge in [0.2, 0.25) is 0 Å². The molecule has 0 bridgehead atoms. The van der Waals surface area contributed by atoms with Gasteiger partial charge in [0.15, 0.2) is 0 Å². The second kappa shape index (κ2) is 11.8. The normalized spacial score (nSPS) is 13.2. The summed E-state index contributed by atoms with van der Waals surface area (Å²) in [5.74, 6) is 0. The Morgan fingerprint density at radius 2 is 1.61 bits per heavy atom. The smallest absolute Gasteiger partial charge is 0.0874 e. The third kappa shape index (κ3) is 6.71. The van der Waals surface area contributed by atoms with Gasteiger partial charge in [-0.15, -0.1) is 0 Å². The quantitative estimate of drug-likeness (QED) is 0.594. The van der Waals surface area contributed by atoms with Gasteiger partial charge in [0.1, 0.15) is 0 Å². The van der Waals surface area contributed by atoms with E-state index in [1.165, 1.54) is 25.9 Å². The first-order valence-electron chi connectivity index (χ1n) is 9.80. The molecule has 2 N–H and O–H groups in total. The van der Waals surface area contributed by atoms with Crippen molar-refractivity contribution >= 4 is 35.9 Å². The SMILES string of the molecule is C=Cc1ccc(C=C)cc1.C=Nc1cc(NC)ccc1NCCN1CCCC1. The molecule has 2 aromatic rings. The van der Waals surface area contributed by atoms with E-state index < -0.39 is 0 Å². The number of hydrogen-bond donors (Lipinski definition) is 2. The number of hydrogen-bond acceptors (Lipinski definition) is 4. The number of nitrogens with one attached hydrogen (secondary N) is 2. The summed E-state index contributed by atoms with van der Waals surface area (Å²) in [6, 6.07) is 14.2. The zero-order valence-electron chi connectivity index (χ0n) is 17.0. The van der Waals surface area contributed by atoms with Crippen LogP contribution < -0.4 is 10.6 Å². The number of anilines is 2. The Hall–Kier alpha value is -2.85. The Kier molecular flexibility index (Phi) is 9.02. The fourth-order valence-corrected chi connectivity index (χ4v) is 3.09. The maximum Gasteiger partial charge on any atom is 0.0874 e. The Morgan fingerprint density at radius 3 is 2.11 bits per heavy atom. The van der Waals surface area contributed by atoms with Crippen molar-refractivity contribution in [2.45, 2.75) is 12.8 Å². The molecule has 2 aromatic carbocycles. The Bertz CT molecular complexity index is 732. The van der Waals surface area contributed by atoms with E-state index >= 15 is 0 Å². The van der Waals surface area contributed by atoms with E-state index in [1.807, 2.05) is 55.6 Å². The first-order chi connectivity index (χ1) is 13.7. The molecule has 0 unspecified atom stereocenters. The minimum atomic E-state index is 0.906. The van der Waals surface area contributed by atoms with Gasteiger partial charge < -0.3 is 15.5 Å². The van der Waals surface area contributed by atoms with Crippen LogP contribution in [0.2, 0.25) is 0 Å². The average molecular weight is 377 g/mol. The molecule has 0 aliphatic carbocycles.